The molecule has 0 aromatic rings. The predicted molar refractivity (Wildman–Crippen MR) is 54.7 cm³/mol. The average Bonchev–Trinajstić information content (AvgIpc) is 2.88. The summed E-state index contributed by atoms with van der Waals surface area (Å²) in [4.78, 5) is 13.7. The molecule has 1 spiro atoms. The van der Waals surface area contributed by atoms with Crippen molar-refractivity contribution in [3.8, 4) is 0 Å². The number of amides is 1. The zero-order valence-electron chi connectivity index (χ0n) is 8.49. The van der Waals surface area contributed by atoms with E-state index >= 15 is 0 Å². The molecule has 0 aromatic heterocycles. The number of allylic oxidation sites excluding steroid dienone is 2. The zero-order valence-corrected chi connectivity index (χ0v) is 8.49. The molecule has 1 aliphatic heterocycles. The molecule has 1 amide bonds. The van der Waals surface area contributed by atoms with Gasteiger partial charge in [-0.25, -0.2) is 0 Å². The smallest absolute Gasteiger partial charge is 0.220 e. The molecule has 0 radical (unpaired) electrons. The van der Waals surface area contributed by atoms with Crippen molar-refractivity contribution >= 4 is 5.91 Å². The number of hydrogen-bond acceptors (Lipinski definition) is 1. The third-order valence-corrected chi connectivity index (χ3v) is 3.87. The van der Waals surface area contributed by atoms with Crippen molar-refractivity contribution in [2.24, 2.45) is 5.92 Å². The van der Waals surface area contributed by atoms with Crippen LogP contribution in [-0.2, 0) is 4.79 Å². The van der Waals surface area contributed by atoms with Crippen molar-refractivity contribution in [3.63, 3.8) is 0 Å². The van der Waals surface area contributed by atoms with E-state index in [1.165, 1.54) is 12.0 Å². The number of nitrogens with zero attached hydrogens (tertiary/aromatic N) is 1. The topological polar surface area (TPSA) is 20.3 Å². The highest BCUT2D eigenvalue weighted by atomic mass is 16.2. The summed E-state index contributed by atoms with van der Waals surface area (Å²) in [6.07, 6.45) is 10.1. The number of carbonyl (C=O) groups excluding carboxylic acids is 1. The van der Waals surface area contributed by atoms with Gasteiger partial charge < -0.3 is 4.90 Å². The summed E-state index contributed by atoms with van der Waals surface area (Å²) >= 11 is 0. The Bertz CT molecular complexity index is 355. The normalized spacial score (nSPS) is 38.5. The van der Waals surface area contributed by atoms with Crippen LogP contribution in [0.3, 0.4) is 0 Å². The molecule has 1 heterocycles. The molecular formula is C12H15NO. The highest BCUT2D eigenvalue weighted by Crippen LogP contribution is 2.58. The van der Waals surface area contributed by atoms with Gasteiger partial charge in [-0.2, -0.15) is 0 Å². The van der Waals surface area contributed by atoms with Crippen molar-refractivity contribution in [2.75, 3.05) is 6.54 Å². The molecule has 3 aliphatic rings. The van der Waals surface area contributed by atoms with E-state index in [9.17, 15) is 4.79 Å². The number of likely N-dealkylation sites (tertiary alicyclic amines) is 1. The standard InChI is InChI=1S/C12H15NO/c1-9(14)13-7-3-6-10-4-2-5-11-8-12(10,11)13/h2,4-5,11H,3,6-8H2,1H3. The summed E-state index contributed by atoms with van der Waals surface area (Å²) in [7, 11) is 0. The lowest BCUT2D eigenvalue weighted by atomic mass is 9.88. The Morgan fingerprint density at radius 3 is 3.29 bits per heavy atom. The van der Waals surface area contributed by atoms with Crippen LogP contribution in [0.15, 0.2) is 23.8 Å². The van der Waals surface area contributed by atoms with Gasteiger partial charge in [-0.3, -0.25) is 4.79 Å². The fourth-order valence-corrected chi connectivity index (χ4v) is 3.17. The minimum absolute atomic E-state index is 0.138. The van der Waals surface area contributed by atoms with Crippen LogP contribution in [0.25, 0.3) is 0 Å². The van der Waals surface area contributed by atoms with Gasteiger partial charge in [0, 0.05) is 19.4 Å². The molecule has 2 atom stereocenters. The third kappa shape index (κ3) is 0.839. The van der Waals surface area contributed by atoms with E-state index in [4.69, 9.17) is 0 Å². The number of hydrogen-bond donors (Lipinski definition) is 0. The number of piperidine rings is 1. The first-order chi connectivity index (χ1) is 6.75. The molecule has 1 saturated carbocycles. The SMILES string of the molecule is CC(=O)N1CCCC2=CC=CC3CC231. The molecule has 2 heteroatoms. The van der Waals surface area contributed by atoms with E-state index in [0.29, 0.717) is 5.92 Å². The van der Waals surface area contributed by atoms with Gasteiger partial charge >= 0.3 is 0 Å². The molecule has 0 N–H and O–H groups in total. The van der Waals surface area contributed by atoms with Crippen LogP contribution in [0.2, 0.25) is 0 Å². The minimum atomic E-state index is 0.138. The maximum Gasteiger partial charge on any atom is 0.220 e. The van der Waals surface area contributed by atoms with E-state index in [2.05, 4.69) is 23.1 Å². The second kappa shape index (κ2) is 2.50. The quantitative estimate of drug-likeness (QED) is 0.570. The van der Waals surface area contributed by atoms with Crippen LogP contribution in [0.4, 0.5) is 0 Å². The van der Waals surface area contributed by atoms with Gasteiger partial charge in [0.25, 0.3) is 0 Å². The molecule has 14 heavy (non-hydrogen) atoms. The lowest BCUT2D eigenvalue weighted by Crippen LogP contribution is -2.47. The molecule has 2 aliphatic carbocycles. The molecule has 0 bridgehead atoms. The Hall–Kier alpha value is -1.05. The molecule has 2 unspecified atom stereocenters. The van der Waals surface area contributed by atoms with Gasteiger partial charge in [-0.15, -0.1) is 0 Å². The molecule has 1 saturated heterocycles. The highest BCUT2D eigenvalue weighted by molar-refractivity contribution is 5.76. The van der Waals surface area contributed by atoms with Crippen molar-refractivity contribution in [1.82, 2.24) is 4.90 Å². The maximum absolute atomic E-state index is 11.6. The predicted octanol–water partition coefficient (Wildman–Crippen LogP) is 1.88. The van der Waals surface area contributed by atoms with E-state index in [-0.39, 0.29) is 11.4 Å². The Balaban J connectivity index is 2.01. The van der Waals surface area contributed by atoms with Gasteiger partial charge in [-0.05, 0) is 24.8 Å². The molecule has 2 fully saturated rings. The fourth-order valence-electron chi connectivity index (χ4n) is 3.17. The summed E-state index contributed by atoms with van der Waals surface area (Å²) in [5, 5.41) is 0. The van der Waals surface area contributed by atoms with Gasteiger partial charge in [0.1, 0.15) is 0 Å². The zero-order chi connectivity index (χ0) is 9.76. The van der Waals surface area contributed by atoms with Gasteiger partial charge in [-0.1, -0.05) is 18.2 Å². The largest absolute Gasteiger partial charge is 0.333 e. The van der Waals surface area contributed by atoms with Gasteiger partial charge in [0.2, 0.25) is 5.91 Å². The molecule has 2 nitrogen and oxygen atoms in total. The Labute approximate surface area is 84.3 Å². The summed E-state index contributed by atoms with van der Waals surface area (Å²) in [6.45, 7) is 2.66. The van der Waals surface area contributed by atoms with Crippen molar-refractivity contribution in [2.45, 2.75) is 31.7 Å². The van der Waals surface area contributed by atoms with Crippen molar-refractivity contribution in [1.29, 1.82) is 0 Å². The Morgan fingerprint density at radius 1 is 1.64 bits per heavy atom. The van der Waals surface area contributed by atoms with Crippen LogP contribution in [0.1, 0.15) is 26.2 Å². The lowest BCUT2D eigenvalue weighted by molar-refractivity contribution is -0.132. The van der Waals surface area contributed by atoms with Crippen LogP contribution in [0, 0.1) is 5.92 Å². The van der Waals surface area contributed by atoms with E-state index in [0.717, 1.165) is 19.4 Å². The maximum atomic E-state index is 11.6. The second-order valence-corrected chi connectivity index (χ2v) is 4.59. The van der Waals surface area contributed by atoms with Crippen LogP contribution >= 0.6 is 0 Å². The first-order valence-electron chi connectivity index (χ1n) is 5.41. The van der Waals surface area contributed by atoms with Crippen LogP contribution in [0.5, 0.6) is 0 Å². The van der Waals surface area contributed by atoms with E-state index < -0.39 is 0 Å². The first-order valence-corrected chi connectivity index (χ1v) is 5.41. The van der Waals surface area contributed by atoms with Crippen LogP contribution < -0.4 is 0 Å². The summed E-state index contributed by atoms with van der Waals surface area (Å²) in [5.41, 5.74) is 1.63. The fraction of sp³-hybridized carbons (Fsp3) is 0.583. The number of rotatable bonds is 0. The molecule has 74 valence electrons. The van der Waals surface area contributed by atoms with Gasteiger partial charge in [0.05, 0.1) is 5.54 Å². The summed E-state index contributed by atoms with van der Waals surface area (Å²) < 4.78 is 0. The minimum Gasteiger partial charge on any atom is -0.333 e. The molecule has 0 aromatic carbocycles. The van der Waals surface area contributed by atoms with E-state index in [1.807, 2.05) is 0 Å². The summed E-state index contributed by atoms with van der Waals surface area (Å²) in [6, 6.07) is 0. The van der Waals surface area contributed by atoms with E-state index in [1.54, 1.807) is 6.92 Å². The monoisotopic (exact) mass is 189 g/mol. The Kier molecular flexibility index (Phi) is 1.48. The first kappa shape index (κ1) is 8.27. The lowest BCUT2D eigenvalue weighted by Gasteiger charge is -2.39. The van der Waals surface area contributed by atoms with Gasteiger partial charge in [0.15, 0.2) is 0 Å². The average molecular weight is 189 g/mol. The Morgan fingerprint density at radius 2 is 2.50 bits per heavy atom. The molecular weight excluding hydrogens is 174 g/mol. The summed E-state index contributed by atoms with van der Waals surface area (Å²) in [5.74, 6) is 0.861. The van der Waals surface area contributed by atoms with Crippen molar-refractivity contribution < 1.29 is 4.79 Å². The molecule has 3 rings (SSSR count). The highest BCUT2D eigenvalue weighted by Gasteiger charge is 2.61. The number of carbonyl (C=O) groups is 1. The second-order valence-electron chi connectivity index (χ2n) is 4.59. The van der Waals surface area contributed by atoms with Crippen LogP contribution in [-0.4, -0.2) is 22.9 Å². The van der Waals surface area contributed by atoms with Crippen molar-refractivity contribution in [3.05, 3.63) is 23.8 Å². The third-order valence-electron chi connectivity index (χ3n) is 3.87.